The average Bonchev–Trinajstić information content (AvgIpc) is 2.65. The summed E-state index contributed by atoms with van der Waals surface area (Å²) < 4.78 is 5.92. The number of morpholine rings is 1. The van der Waals surface area contributed by atoms with Gasteiger partial charge in [0, 0.05) is 32.1 Å². The first-order chi connectivity index (χ1) is 12.1. The number of aliphatic hydroxyl groups excluding tert-OH is 1. The molecule has 4 rings (SSSR count). The number of anilines is 1. The lowest BCUT2D eigenvalue weighted by Crippen LogP contribution is -2.57. The third-order valence-electron chi connectivity index (χ3n) is 5.20. The molecule has 7 heteroatoms. The summed E-state index contributed by atoms with van der Waals surface area (Å²) in [5, 5.41) is 10.5. The van der Waals surface area contributed by atoms with Crippen molar-refractivity contribution in [2.75, 3.05) is 38.2 Å². The first-order valence-electron chi connectivity index (χ1n) is 8.60. The van der Waals surface area contributed by atoms with E-state index in [4.69, 9.17) is 4.74 Å². The Morgan fingerprint density at radius 3 is 2.72 bits per heavy atom. The van der Waals surface area contributed by atoms with E-state index < -0.39 is 0 Å². The zero-order chi connectivity index (χ0) is 17.4. The van der Waals surface area contributed by atoms with E-state index in [1.165, 1.54) is 0 Å². The fourth-order valence-corrected chi connectivity index (χ4v) is 3.74. The van der Waals surface area contributed by atoms with Gasteiger partial charge in [-0.2, -0.15) is 0 Å². The molecule has 2 fully saturated rings. The summed E-state index contributed by atoms with van der Waals surface area (Å²) in [4.78, 5) is 24.6. The molecule has 2 saturated heterocycles. The standard InChI is InChI=1S/C18H22N4O3/c1-21-12-18(25-11-16(21)24)6-8-22(9-7-18)17-13-4-2-3-5-14(13)19-15(10-23)20-17/h2-5,23H,6-12H2,1H3. The van der Waals surface area contributed by atoms with E-state index in [0.717, 1.165) is 42.7 Å². The average molecular weight is 342 g/mol. The van der Waals surface area contributed by atoms with Gasteiger partial charge < -0.3 is 19.6 Å². The molecule has 7 nitrogen and oxygen atoms in total. The van der Waals surface area contributed by atoms with Gasteiger partial charge >= 0.3 is 0 Å². The lowest BCUT2D eigenvalue weighted by Gasteiger charge is -2.46. The van der Waals surface area contributed by atoms with Crippen LogP contribution in [-0.4, -0.2) is 64.8 Å². The molecule has 1 spiro atoms. The van der Waals surface area contributed by atoms with Crippen LogP contribution in [0.3, 0.4) is 0 Å². The first-order valence-corrected chi connectivity index (χ1v) is 8.60. The highest BCUT2D eigenvalue weighted by atomic mass is 16.5. The van der Waals surface area contributed by atoms with Crippen molar-refractivity contribution >= 4 is 22.6 Å². The number of amides is 1. The van der Waals surface area contributed by atoms with Gasteiger partial charge in [-0.05, 0) is 25.0 Å². The third-order valence-corrected chi connectivity index (χ3v) is 5.20. The van der Waals surface area contributed by atoms with Crippen LogP contribution in [0.4, 0.5) is 5.82 Å². The molecule has 1 aromatic heterocycles. The van der Waals surface area contributed by atoms with E-state index in [1.807, 2.05) is 31.3 Å². The van der Waals surface area contributed by atoms with Crippen molar-refractivity contribution in [1.29, 1.82) is 0 Å². The normalized spacial score (nSPS) is 20.5. The summed E-state index contributed by atoms with van der Waals surface area (Å²) >= 11 is 0. The topological polar surface area (TPSA) is 78.8 Å². The van der Waals surface area contributed by atoms with Crippen molar-refractivity contribution in [2.45, 2.75) is 25.0 Å². The zero-order valence-corrected chi connectivity index (χ0v) is 14.3. The van der Waals surface area contributed by atoms with Crippen molar-refractivity contribution in [1.82, 2.24) is 14.9 Å². The molecule has 25 heavy (non-hydrogen) atoms. The Hall–Kier alpha value is -2.25. The predicted molar refractivity (Wildman–Crippen MR) is 93.2 cm³/mol. The van der Waals surface area contributed by atoms with E-state index >= 15 is 0 Å². The van der Waals surface area contributed by atoms with Crippen LogP contribution >= 0.6 is 0 Å². The van der Waals surface area contributed by atoms with Gasteiger partial charge in [0.1, 0.15) is 19.0 Å². The molecule has 0 aliphatic carbocycles. The Labute approximate surface area is 146 Å². The van der Waals surface area contributed by atoms with E-state index in [-0.39, 0.29) is 24.7 Å². The Morgan fingerprint density at radius 2 is 2.00 bits per heavy atom. The number of aliphatic hydroxyl groups is 1. The molecule has 1 amide bonds. The van der Waals surface area contributed by atoms with Crippen molar-refractivity contribution in [2.24, 2.45) is 0 Å². The Bertz CT molecular complexity index is 802. The number of fused-ring (bicyclic) bond motifs is 1. The quantitative estimate of drug-likeness (QED) is 0.875. The van der Waals surface area contributed by atoms with Gasteiger partial charge in [0.25, 0.3) is 0 Å². The van der Waals surface area contributed by atoms with Crippen molar-refractivity contribution in [3.63, 3.8) is 0 Å². The van der Waals surface area contributed by atoms with Crippen LogP contribution in [-0.2, 0) is 16.1 Å². The van der Waals surface area contributed by atoms with E-state index in [2.05, 4.69) is 14.9 Å². The largest absolute Gasteiger partial charge is 0.388 e. The SMILES string of the molecule is CN1CC2(CCN(c3nc(CO)nc4ccccc34)CC2)OCC1=O. The minimum absolute atomic E-state index is 0.0439. The molecule has 2 aliphatic heterocycles. The molecule has 3 heterocycles. The van der Waals surface area contributed by atoms with E-state index in [1.54, 1.807) is 4.90 Å². The second-order valence-electron chi connectivity index (χ2n) is 6.85. The molecule has 0 atom stereocenters. The fourth-order valence-electron chi connectivity index (χ4n) is 3.74. The number of benzene rings is 1. The molecule has 0 radical (unpaired) electrons. The summed E-state index contributed by atoms with van der Waals surface area (Å²) in [6.45, 7) is 2.24. The van der Waals surface area contributed by atoms with Crippen LogP contribution in [0.2, 0.25) is 0 Å². The maximum atomic E-state index is 11.7. The number of nitrogens with zero attached hydrogens (tertiary/aromatic N) is 4. The molecular weight excluding hydrogens is 320 g/mol. The number of para-hydroxylation sites is 1. The first kappa shape index (κ1) is 16.2. The Kier molecular flexibility index (Phi) is 4.05. The number of piperidine rings is 1. The molecule has 0 unspecified atom stereocenters. The van der Waals surface area contributed by atoms with Crippen LogP contribution in [0.15, 0.2) is 24.3 Å². The fraction of sp³-hybridized carbons (Fsp3) is 0.500. The minimum atomic E-state index is -0.248. The number of ether oxygens (including phenoxy) is 1. The van der Waals surface area contributed by atoms with Gasteiger partial charge in [-0.15, -0.1) is 0 Å². The lowest BCUT2D eigenvalue weighted by molar-refractivity contribution is -0.164. The molecule has 0 bridgehead atoms. The highest BCUT2D eigenvalue weighted by molar-refractivity contribution is 5.89. The molecule has 2 aromatic rings. The second kappa shape index (κ2) is 6.24. The number of likely N-dealkylation sites (N-methyl/N-ethyl adjacent to an activating group) is 1. The maximum Gasteiger partial charge on any atom is 0.248 e. The van der Waals surface area contributed by atoms with Gasteiger partial charge in [-0.1, -0.05) is 12.1 Å². The highest BCUT2D eigenvalue weighted by Gasteiger charge is 2.41. The van der Waals surface area contributed by atoms with Crippen LogP contribution in [0.5, 0.6) is 0 Å². The van der Waals surface area contributed by atoms with Crippen molar-refractivity contribution in [3.05, 3.63) is 30.1 Å². The van der Waals surface area contributed by atoms with Gasteiger partial charge in [-0.3, -0.25) is 4.79 Å². The molecule has 1 N–H and O–H groups in total. The molecule has 132 valence electrons. The number of aromatic nitrogens is 2. The highest BCUT2D eigenvalue weighted by Crippen LogP contribution is 2.33. The molecule has 2 aliphatic rings. The third kappa shape index (κ3) is 2.94. The van der Waals surface area contributed by atoms with Gasteiger partial charge in [0.15, 0.2) is 5.82 Å². The molecular formula is C18H22N4O3. The second-order valence-corrected chi connectivity index (χ2v) is 6.85. The smallest absolute Gasteiger partial charge is 0.248 e. The number of hydrogen-bond donors (Lipinski definition) is 1. The monoisotopic (exact) mass is 342 g/mol. The Balaban J connectivity index is 1.59. The number of hydrogen-bond acceptors (Lipinski definition) is 6. The molecule has 1 aromatic carbocycles. The molecule has 0 saturated carbocycles. The van der Waals surface area contributed by atoms with Crippen LogP contribution in [0.25, 0.3) is 10.9 Å². The number of rotatable bonds is 2. The summed E-state index contributed by atoms with van der Waals surface area (Å²) in [5.74, 6) is 1.35. The van der Waals surface area contributed by atoms with Crippen LogP contribution in [0, 0.1) is 0 Å². The number of carbonyl (C=O) groups excluding carboxylic acids is 1. The number of carbonyl (C=O) groups is 1. The predicted octanol–water partition coefficient (Wildman–Crippen LogP) is 0.950. The zero-order valence-electron chi connectivity index (χ0n) is 14.3. The summed E-state index contributed by atoms with van der Waals surface area (Å²) in [6.07, 6.45) is 1.69. The van der Waals surface area contributed by atoms with Gasteiger partial charge in [-0.25, -0.2) is 9.97 Å². The van der Waals surface area contributed by atoms with Crippen LogP contribution < -0.4 is 4.90 Å². The summed E-state index contributed by atoms with van der Waals surface area (Å²) in [7, 11) is 1.84. The summed E-state index contributed by atoms with van der Waals surface area (Å²) in [6, 6.07) is 7.87. The maximum absolute atomic E-state index is 11.7. The Morgan fingerprint density at radius 1 is 1.24 bits per heavy atom. The lowest BCUT2D eigenvalue weighted by atomic mass is 9.89. The van der Waals surface area contributed by atoms with Crippen molar-refractivity contribution in [3.8, 4) is 0 Å². The van der Waals surface area contributed by atoms with E-state index in [9.17, 15) is 9.90 Å². The van der Waals surface area contributed by atoms with Crippen LogP contribution in [0.1, 0.15) is 18.7 Å². The summed E-state index contributed by atoms with van der Waals surface area (Å²) in [5.41, 5.74) is 0.595. The van der Waals surface area contributed by atoms with Crippen molar-refractivity contribution < 1.29 is 14.6 Å². The van der Waals surface area contributed by atoms with Gasteiger partial charge in [0.2, 0.25) is 5.91 Å². The minimum Gasteiger partial charge on any atom is -0.388 e. The van der Waals surface area contributed by atoms with Gasteiger partial charge in [0.05, 0.1) is 11.1 Å². The van der Waals surface area contributed by atoms with E-state index in [0.29, 0.717) is 12.4 Å².